The molecule has 0 atom stereocenters. The summed E-state index contributed by atoms with van der Waals surface area (Å²) < 4.78 is 10.2. The maximum absolute atomic E-state index is 12.0. The number of aryl methyl sites for hydroxylation is 1. The van der Waals surface area contributed by atoms with Crippen molar-refractivity contribution in [3.05, 3.63) is 40.1 Å². The number of hydrogen-bond donors (Lipinski definition) is 2. The molecule has 0 bridgehead atoms. The molecule has 1 heterocycles. The van der Waals surface area contributed by atoms with Gasteiger partial charge < -0.3 is 20.1 Å². The van der Waals surface area contributed by atoms with Crippen LogP contribution in [0.3, 0.4) is 0 Å². The highest BCUT2D eigenvalue weighted by Crippen LogP contribution is 2.27. The predicted molar refractivity (Wildman–Crippen MR) is 95.3 cm³/mol. The minimum absolute atomic E-state index is 0.234. The lowest BCUT2D eigenvalue weighted by atomic mass is 10.2. The Hall–Kier alpha value is -2.87. The van der Waals surface area contributed by atoms with Gasteiger partial charge in [0, 0.05) is 12.6 Å². The van der Waals surface area contributed by atoms with Crippen molar-refractivity contribution < 1.29 is 23.9 Å². The summed E-state index contributed by atoms with van der Waals surface area (Å²) in [6.45, 7) is 2.75. The number of carbonyl (C=O) groups excluding carboxylic acids is 3. The fraction of sp³-hybridized carbons (Fsp3) is 0.235. The van der Waals surface area contributed by atoms with Gasteiger partial charge in [-0.15, -0.1) is 11.3 Å². The Kier molecular flexibility index (Phi) is 6.13. The van der Waals surface area contributed by atoms with Crippen molar-refractivity contribution >= 4 is 40.5 Å². The number of anilines is 2. The smallest absolute Gasteiger partial charge is 0.349 e. The van der Waals surface area contributed by atoms with Crippen LogP contribution >= 0.6 is 11.3 Å². The van der Waals surface area contributed by atoms with E-state index in [1.807, 2.05) is 0 Å². The van der Waals surface area contributed by atoms with E-state index in [2.05, 4.69) is 10.6 Å². The summed E-state index contributed by atoms with van der Waals surface area (Å²) in [5.74, 6) is -0.868. The van der Waals surface area contributed by atoms with Crippen molar-refractivity contribution in [2.45, 2.75) is 13.8 Å². The molecule has 1 aromatic carbocycles. The van der Waals surface area contributed by atoms with Crippen LogP contribution in [0.15, 0.2) is 29.6 Å². The Morgan fingerprint density at radius 2 is 1.92 bits per heavy atom. The van der Waals surface area contributed by atoms with Crippen LogP contribution in [0.5, 0.6) is 5.75 Å². The molecule has 0 radical (unpaired) electrons. The molecule has 0 fully saturated rings. The van der Waals surface area contributed by atoms with Crippen molar-refractivity contribution in [2.24, 2.45) is 0 Å². The standard InChI is InChI=1S/C17H18N2O5S/c1-10-6-7-25-16(10)17(22)24-9-15(21)19-13-8-12(18-11(2)20)4-5-14(13)23-3/h4-8H,9H2,1-3H3,(H,18,20)(H,19,21). The summed E-state index contributed by atoms with van der Waals surface area (Å²) in [7, 11) is 1.46. The first kappa shape index (κ1) is 18.5. The van der Waals surface area contributed by atoms with Gasteiger partial charge in [0.15, 0.2) is 6.61 Å². The summed E-state index contributed by atoms with van der Waals surface area (Å²) in [5.41, 5.74) is 1.68. The number of hydrogen-bond acceptors (Lipinski definition) is 6. The Morgan fingerprint density at radius 1 is 1.16 bits per heavy atom. The van der Waals surface area contributed by atoms with Crippen LogP contribution in [-0.2, 0) is 14.3 Å². The van der Waals surface area contributed by atoms with Gasteiger partial charge in [0.25, 0.3) is 5.91 Å². The quantitative estimate of drug-likeness (QED) is 0.771. The van der Waals surface area contributed by atoms with Gasteiger partial charge in [-0.05, 0) is 42.1 Å². The van der Waals surface area contributed by atoms with Crippen LogP contribution in [-0.4, -0.2) is 31.5 Å². The number of methoxy groups -OCH3 is 1. The zero-order valence-corrected chi connectivity index (χ0v) is 14.9. The van der Waals surface area contributed by atoms with Crippen molar-refractivity contribution in [2.75, 3.05) is 24.4 Å². The molecule has 0 spiro atoms. The van der Waals surface area contributed by atoms with E-state index < -0.39 is 18.5 Å². The zero-order valence-electron chi connectivity index (χ0n) is 14.0. The van der Waals surface area contributed by atoms with Gasteiger partial charge >= 0.3 is 5.97 Å². The molecule has 8 heteroatoms. The molecule has 2 amide bonds. The van der Waals surface area contributed by atoms with E-state index in [0.29, 0.717) is 22.0 Å². The first-order valence-electron chi connectivity index (χ1n) is 7.37. The summed E-state index contributed by atoms with van der Waals surface area (Å²) in [4.78, 5) is 35.6. The molecule has 132 valence electrons. The molecular weight excluding hydrogens is 344 g/mol. The Labute approximate surface area is 148 Å². The van der Waals surface area contributed by atoms with E-state index >= 15 is 0 Å². The van der Waals surface area contributed by atoms with E-state index in [1.165, 1.54) is 25.4 Å². The monoisotopic (exact) mass is 362 g/mol. The third-order valence-corrected chi connectivity index (χ3v) is 4.17. The Balaban J connectivity index is 2.00. The first-order chi connectivity index (χ1) is 11.9. The highest BCUT2D eigenvalue weighted by molar-refractivity contribution is 7.12. The summed E-state index contributed by atoms with van der Waals surface area (Å²) in [6.07, 6.45) is 0. The van der Waals surface area contributed by atoms with E-state index in [9.17, 15) is 14.4 Å². The Morgan fingerprint density at radius 3 is 2.52 bits per heavy atom. The fourth-order valence-electron chi connectivity index (χ4n) is 2.05. The average Bonchev–Trinajstić information content (AvgIpc) is 2.98. The number of carbonyl (C=O) groups is 3. The highest BCUT2D eigenvalue weighted by Gasteiger charge is 2.15. The van der Waals surface area contributed by atoms with Crippen LogP contribution in [0.4, 0.5) is 11.4 Å². The van der Waals surface area contributed by atoms with Crippen LogP contribution in [0.1, 0.15) is 22.2 Å². The first-order valence-corrected chi connectivity index (χ1v) is 8.25. The van der Waals surface area contributed by atoms with Gasteiger partial charge in [-0.2, -0.15) is 0 Å². The summed E-state index contributed by atoms with van der Waals surface area (Å²) >= 11 is 1.26. The van der Waals surface area contributed by atoms with Crippen LogP contribution in [0, 0.1) is 6.92 Å². The number of amides is 2. The minimum atomic E-state index is -0.540. The van der Waals surface area contributed by atoms with Gasteiger partial charge in [0.2, 0.25) is 5.91 Å². The number of nitrogens with one attached hydrogen (secondary N) is 2. The SMILES string of the molecule is COc1ccc(NC(C)=O)cc1NC(=O)COC(=O)c1sccc1C. The topological polar surface area (TPSA) is 93.7 Å². The number of ether oxygens (including phenoxy) is 2. The molecule has 0 aliphatic heterocycles. The molecule has 0 saturated heterocycles. The maximum atomic E-state index is 12.0. The van der Waals surface area contributed by atoms with E-state index in [4.69, 9.17) is 9.47 Å². The molecule has 0 saturated carbocycles. The molecule has 0 aliphatic rings. The van der Waals surface area contributed by atoms with Crippen molar-refractivity contribution in [3.8, 4) is 5.75 Å². The Bertz CT molecular complexity index is 800. The van der Waals surface area contributed by atoms with Crippen LogP contribution < -0.4 is 15.4 Å². The third-order valence-electron chi connectivity index (χ3n) is 3.18. The second kappa shape index (κ2) is 8.29. The minimum Gasteiger partial charge on any atom is -0.495 e. The lowest BCUT2D eigenvalue weighted by molar-refractivity contribution is -0.119. The van der Waals surface area contributed by atoms with Gasteiger partial charge in [-0.1, -0.05) is 0 Å². The molecule has 2 rings (SSSR count). The number of rotatable bonds is 6. The molecule has 0 unspecified atom stereocenters. The molecule has 2 N–H and O–H groups in total. The van der Waals surface area contributed by atoms with Gasteiger partial charge in [-0.25, -0.2) is 4.79 Å². The van der Waals surface area contributed by atoms with Crippen LogP contribution in [0.25, 0.3) is 0 Å². The lowest BCUT2D eigenvalue weighted by Crippen LogP contribution is -2.21. The second-order valence-corrected chi connectivity index (χ2v) is 6.07. The highest BCUT2D eigenvalue weighted by atomic mass is 32.1. The second-order valence-electron chi connectivity index (χ2n) is 5.15. The van der Waals surface area contributed by atoms with Gasteiger partial charge in [0.05, 0.1) is 12.8 Å². The summed E-state index contributed by atoms with van der Waals surface area (Å²) in [6, 6.07) is 6.63. The van der Waals surface area contributed by atoms with Gasteiger partial charge in [-0.3, -0.25) is 9.59 Å². The summed E-state index contributed by atoms with van der Waals surface area (Å²) in [5, 5.41) is 7.00. The molecule has 0 aliphatic carbocycles. The van der Waals surface area contributed by atoms with E-state index in [0.717, 1.165) is 5.56 Å². The maximum Gasteiger partial charge on any atom is 0.349 e. The average molecular weight is 362 g/mol. The number of thiophene rings is 1. The molecule has 25 heavy (non-hydrogen) atoms. The van der Waals surface area contributed by atoms with Crippen molar-refractivity contribution in [3.63, 3.8) is 0 Å². The molecule has 2 aromatic rings. The largest absolute Gasteiger partial charge is 0.495 e. The van der Waals surface area contributed by atoms with Crippen LogP contribution in [0.2, 0.25) is 0 Å². The van der Waals surface area contributed by atoms with Crippen molar-refractivity contribution in [1.82, 2.24) is 0 Å². The predicted octanol–water partition coefficient (Wildman–Crippen LogP) is 2.82. The lowest BCUT2D eigenvalue weighted by Gasteiger charge is -2.12. The number of benzene rings is 1. The van der Waals surface area contributed by atoms with Gasteiger partial charge in [0.1, 0.15) is 10.6 Å². The fourth-order valence-corrected chi connectivity index (χ4v) is 2.87. The van der Waals surface area contributed by atoms with E-state index in [-0.39, 0.29) is 5.91 Å². The number of esters is 1. The zero-order chi connectivity index (χ0) is 18.4. The third kappa shape index (κ3) is 5.05. The normalized spacial score (nSPS) is 10.0. The molecule has 1 aromatic heterocycles. The van der Waals surface area contributed by atoms with Crippen molar-refractivity contribution in [1.29, 1.82) is 0 Å². The van der Waals surface area contributed by atoms with E-state index in [1.54, 1.807) is 36.6 Å². The molecule has 7 nitrogen and oxygen atoms in total. The molecular formula is C17H18N2O5S.